The fourth-order valence-corrected chi connectivity index (χ4v) is 3.73. The molecule has 4 rings (SSSR count). The summed E-state index contributed by atoms with van der Waals surface area (Å²) < 4.78 is 89.5. The molecule has 2 N–H and O–H groups in total. The second-order valence-electron chi connectivity index (χ2n) is 7.28. The van der Waals surface area contributed by atoms with E-state index < -0.39 is 42.2 Å². The van der Waals surface area contributed by atoms with Crippen LogP contribution < -0.4 is 4.65 Å². The van der Waals surface area contributed by atoms with Crippen LogP contribution in [0.3, 0.4) is 0 Å². The monoisotopic (exact) mass is 474 g/mol. The van der Waals surface area contributed by atoms with Crippen molar-refractivity contribution in [3.8, 4) is 39.1 Å². The molecule has 10 heteroatoms. The summed E-state index contributed by atoms with van der Waals surface area (Å²) >= 11 is 0. The summed E-state index contributed by atoms with van der Waals surface area (Å²) in [6.07, 6.45) is 0. The summed E-state index contributed by atoms with van der Waals surface area (Å²) in [6, 6.07) is 9.66. The Bertz CT molecular complexity index is 1330. The van der Waals surface area contributed by atoms with E-state index in [0.29, 0.717) is 18.2 Å². The SMILES string of the molecule is OB(O)Oc1ccc(-c2cc(F)cc(F)c2)c(-c2cc(F)cc(F)c2)c1-c1cc(F)cc(F)c1. The highest BCUT2D eigenvalue weighted by molar-refractivity contribution is 6.34. The fourth-order valence-electron chi connectivity index (χ4n) is 3.73. The van der Waals surface area contributed by atoms with Crippen LogP contribution in [-0.4, -0.2) is 17.4 Å². The van der Waals surface area contributed by atoms with Crippen LogP contribution in [0.4, 0.5) is 26.3 Å². The molecule has 4 aromatic carbocycles. The number of halogens is 6. The number of hydrogen-bond acceptors (Lipinski definition) is 3. The smallest absolute Gasteiger partial charge is 0.511 e. The van der Waals surface area contributed by atoms with Crippen molar-refractivity contribution in [1.29, 1.82) is 0 Å². The van der Waals surface area contributed by atoms with E-state index in [1.165, 1.54) is 6.07 Å². The Morgan fingerprint density at radius 1 is 0.500 bits per heavy atom. The normalized spacial score (nSPS) is 10.9. The Hall–Kier alpha value is -3.76. The maximum atomic E-state index is 14.2. The molecule has 0 fully saturated rings. The molecule has 0 spiro atoms. The lowest BCUT2D eigenvalue weighted by Gasteiger charge is -2.21. The van der Waals surface area contributed by atoms with Gasteiger partial charge in [0.1, 0.15) is 40.7 Å². The molecule has 0 saturated carbocycles. The summed E-state index contributed by atoms with van der Waals surface area (Å²) in [6.45, 7) is 0. The predicted molar refractivity (Wildman–Crippen MR) is 113 cm³/mol. The van der Waals surface area contributed by atoms with Crippen molar-refractivity contribution in [3.63, 3.8) is 0 Å². The number of hydrogen-bond donors (Lipinski definition) is 2. The molecule has 0 aliphatic heterocycles. The molecule has 0 aliphatic rings. The first-order chi connectivity index (χ1) is 16.1. The largest absolute Gasteiger partial charge is 0.707 e. The van der Waals surface area contributed by atoms with Gasteiger partial charge in [-0.25, -0.2) is 26.3 Å². The second kappa shape index (κ2) is 9.24. The van der Waals surface area contributed by atoms with E-state index in [9.17, 15) is 36.4 Å². The molecule has 0 bridgehead atoms. The first-order valence-corrected chi connectivity index (χ1v) is 9.70. The van der Waals surface area contributed by atoms with Crippen LogP contribution in [0.25, 0.3) is 33.4 Å². The summed E-state index contributed by atoms with van der Waals surface area (Å²) in [4.78, 5) is 0. The molecular weight excluding hydrogens is 461 g/mol. The van der Waals surface area contributed by atoms with Gasteiger partial charge < -0.3 is 14.7 Å². The number of benzene rings is 4. The lowest BCUT2D eigenvalue weighted by Crippen LogP contribution is -2.21. The Labute approximate surface area is 189 Å². The molecule has 0 radical (unpaired) electrons. The Balaban J connectivity index is 2.17. The van der Waals surface area contributed by atoms with Crippen molar-refractivity contribution in [2.24, 2.45) is 0 Å². The molecule has 0 aromatic heterocycles. The molecular formula is C24H13BF6O3. The van der Waals surface area contributed by atoms with Gasteiger partial charge in [-0.2, -0.15) is 0 Å². The van der Waals surface area contributed by atoms with Gasteiger partial charge in [0.05, 0.1) is 0 Å². The molecule has 0 saturated heterocycles. The molecule has 3 nitrogen and oxygen atoms in total. The van der Waals surface area contributed by atoms with Crippen molar-refractivity contribution in [1.82, 2.24) is 0 Å². The van der Waals surface area contributed by atoms with E-state index in [4.69, 9.17) is 4.65 Å². The van der Waals surface area contributed by atoms with Gasteiger partial charge in [-0.1, -0.05) is 6.07 Å². The average Bonchev–Trinajstić information content (AvgIpc) is 2.70. The van der Waals surface area contributed by atoms with Gasteiger partial charge in [0.2, 0.25) is 0 Å². The Kier molecular flexibility index (Phi) is 6.36. The standard InChI is InChI=1S/C24H13BF6O3/c26-15-3-12(4-16(27)9-15)21-1-2-22(34-25(32)33)24(14-7-19(30)11-20(31)8-14)23(21)13-5-17(28)10-18(29)6-13/h1-11,32-33H. The average molecular weight is 474 g/mol. The molecule has 0 unspecified atom stereocenters. The molecule has 172 valence electrons. The van der Waals surface area contributed by atoms with Crippen molar-refractivity contribution in [2.45, 2.75) is 0 Å². The quantitative estimate of drug-likeness (QED) is 0.281. The molecule has 0 amide bonds. The van der Waals surface area contributed by atoms with Crippen molar-refractivity contribution < 1.29 is 41.0 Å². The van der Waals surface area contributed by atoms with E-state index >= 15 is 0 Å². The van der Waals surface area contributed by atoms with E-state index in [-0.39, 0.29) is 39.1 Å². The molecule has 34 heavy (non-hydrogen) atoms. The molecule has 0 heterocycles. The van der Waals surface area contributed by atoms with E-state index in [1.54, 1.807) is 0 Å². The second-order valence-corrected chi connectivity index (χ2v) is 7.28. The predicted octanol–water partition coefficient (Wildman–Crippen LogP) is 5.87. The zero-order valence-corrected chi connectivity index (χ0v) is 17.0. The van der Waals surface area contributed by atoms with Crippen molar-refractivity contribution in [3.05, 3.63) is 102 Å². The lowest BCUT2D eigenvalue weighted by molar-refractivity contribution is 0.288. The molecule has 0 aliphatic carbocycles. The minimum absolute atomic E-state index is 0.0165. The maximum absolute atomic E-state index is 14.2. The van der Waals surface area contributed by atoms with Gasteiger partial charge in [-0.05, 0) is 64.7 Å². The molecule has 0 atom stereocenters. The lowest BCUT2D eigenvalue weighted by atomic mass is 9.86. The van der Waals surface area contributed by atoms with Crippen LogP contribution in [0.5, 0.6) is 5.75 Å². The summed E-state index contributed by atoms with van der Waals surface area (Å²) in [7, 11) is -2.37. The van der Waals surface area contributed by atoms with Gasteiger partial charge in [-0.3, -0.25) is 0 Å². The minimum atomic E-state index is -2.37. The molecule has 4 aromatic rings. The Morgan fingerprint density at radius 3 is 1.29 bits per heavy atom. The summed E-state index contributed by atoms with van der Waals surface area (Å²) in [5, 5.41) is 18.7. The van der Waals surface area contributed by atoms with Gasteiger partial charge in [-0.15, -0.1) is 0 Å². The van der Waals surface area contributed by atoms with E-state index in [2.05, 4.69) is 0 Å². The number of rotatable bonds is 5. The zero-order chi connectivity index (χ0) is 24.6. The van der Waals surface area contributed by atoms with Gasteiger partial charge >= 0.3 is 7.32 Å². The van der Waals surface area contributed by atoms with Crippen LogP contribution in [0, 0.1) is 34.9 Å². The Morgan fingerprint density at radius 2 is 0.882 bits per heavy atom. The van der Waals surface area contributed by atoms with Crippen LogP contribution in [0.1, 0.15) is 0 Å². The van der Waals surface area contributed by atoms with Crippen molar-refractivity contribution >= 4 is 7.32 Å². The van der Waals surface area contributed by atoms with E-state index in [0.717, 1.165) is 42.5 Å². The highest BCUT2D eigenvalue weighted by atomic mass is 19.2. The van der Waals surface area contributed by atoms with Gasteiger partial charge in [0, 0.05) is 29.3 Å². The maximum Gasteiger partial charge on any atom is 0.707 e. The summed E-state index contributed by atoms with van der Waals surface area (Å²) in [5.74, 6) is -6.26. The first-order valence-electron chi connectivity index (χ1n) is 9.70. The third-order valence-electron chi connectivity index (χ3n) is 4.88. The summed E-state index contributed by atoms with van der Waals surface area (Å²) in [5.41, 5.74) is -0.763. The fraction of sp³-hybridized carbons (Fsp3) is 0. The van der Waals surface area contributed by atoms with Gasteiger partial charge in [0.25, 0.3) is 0 Å². The third kappa shape index (κ3) is 4.93. The van der Waals surface area contributed by atoms with Gasteiger partial charge in [0.15, 0.2) is 0 Å². The first kappa shape index (κ1) is 23.4. The van der Waals surface area contributed by atoms with Crippen molar-refractivity contribution in [2.75, 3.05) is 0 Å². The highest BCUT2D eigenvalue weighted by Gasteiger charge is 2.24. The highest BCUT2D eigenvalue weighted by Crippen LogP contribution is 2.46. The van der Waals surface area contributed by atoms with E-state index in [1.807, 2.05) is 0 Å². The van der Waals surface area contributed by atoms with Crippen LogP contribution in [0.2, 0.25) is 0 Å². The third-order valence-corrected chi connectivity index (χ3v) is 4.88. The van der Waals surface area contributed by atoms with Crippen LogP contribution in [-0.2, 0) is 0 Å². The van der Waals surface area contributed by atoms with Crippen LogP contribution in [0.15, 0.2) is 66.7 Å². The topological polar surface area (TPSA) is 49.7 Å². The van der Waals surface area contributed by atoms with Crippen LogP contribution >= 0.6 is 0 Å². The zero-order valence-electron chi connectivity index (χ0n) is 17.0. The minimum Gasteiger partial charge on any atom is -0.511 e.